The highest BCUT2D eigenvalue weighted by atomic mass is 35.5. The van der Waals surface area contributed by atoms with E-state index in [2.05, 4.69) is 5.32 Å². The first-order chi connectivity index (χ1) is 9.96. The number of hydrogen-bond acceptors (Lipinski definition) is 3. The minimum Gasteiger partial charge on any atom is -0.508 e. The quantitative estimate of drug-likeness (QED) is 0.813. The molecule has 1 atom stereocenters. The number of phenols is 1. The number of carbonyl (C=O) groups excluding carboxylic acids is 1. The van der Waals surface area contributed by atoms with Crippen LogP contribution in [0.5, 0.6) is 5.75 Å². The molecule has 0 spiro atoms. The second-order valence-corrected chi connectivity index (χ2v) is 5.38. The summed E-state index contributed by atoms with van der Waals surface area (Å²) in [5.41, 5.74) is -0.00274. The molecule has 0 aliphatic carbocycles. The summed E-state index contributed by atoms with van der Waals surface area (Å²) in [6.07, 6.45) is 0. The Bertz CT molecular complexity index is 645. The van der Waals surface area contributed by atoms with Crippen molar-refractivity contribution in [2.75, 3.05) is 6.61 Å². The van der Waals surface area contributed by atoms with E-state index in [-0.39, 0.29) is 22.9 Å². The van der Waals surface area contributed by atoms with Gasteiger partial charge in [-0.1, -0.05) is 41.9 Å². The van der Waals surface area contributed by atoms with Gasteiger partial charge in [0.2, 0.25) is 0 Å². The standard InChI is InChI=1S/C16H16ClNO3/c1-16(10-19,11-5-3-2-4-6-11)18-15(21)13-9-12(20)7-8-14(13)17/h2-9,19-20H,10H2,1H3,(H,18,21). The van der Waals surface area contributed by atoms with E-state index in [4.69, 9.17) is 11.6 Å². The monoisotopic (exact) mass is 305 g/mol. The minimum absolute atomic E-state index is 0.0463. The van der Waals surface area contributed by atoms with Crippen LogP contribution in [0.3, 0.4) is 0 Å². The maximum Gasteiger partial charge on any atom is 0.253 e. The van der Waals surface area contributed by atoms with Crippen molar-refractivity contribution in [3.63, 3.8) is 0 Å². The summed E-state index contributed by atoms with van der Waals surface area (Å²) in [6.45, 7) is 1.45. The predicted molar refractivity (Wildman–Crippen MR) is 81.5 cm³/mol. The first-order valence-electron chi connectivity index (χ1n) is 6.44. The molecule has 0 heterocycles. The Morgan fingerprint density at radius 1 is 1.24 bits per heavy atom. The zero-order chi connectivity index (χ0) is 15.5. The number of phenolic OH excluding ortho intramolecular Hbond substituents is 1. The number of aromatic hydroxyl groups is 1. The van der Waals surface area contributed by atoms with Crippen LogP contribution in [0.25, 0.3) is 0 Å². The summed E-state index contributed by atoms with van der Waals surface area (Å²) in [5.74, 6) is -0.508. The van der Waals surface area contributed by atoms with Gasteiger partial charge in [-0.25, -0.2) is 0 Å². The topological polar surface area (TPSA) is 69.6 Å². The predicted octanol–water partition coefficient (Wildman–Crippen LogP) is 2.68. The van der Waals surface area contributed by atoms with Crippen LogP contribution in [0.4, 0.5) is 0 Å². The summed E-state index contributed by atoms with van der Waals surface area (Å²) in [5, 5.41) is 22.1. The van der Waals surface area contributed by atoms with Crippen molar-refractivity contribution in [1.29, 1.82) is 0 Å². The van der Waals surface area contributed by atoms with Crippen LogP contribution in [0.15, 0.2) is 48.5 Å². The SMILES string of the molecule is CC(CO)(NC(=O)c1cc(O)ccc1Cl)c1ccccc1. The molecule has 0 fully saturated rings. The molecule has 4 nitrogen and oxygen atoms in total. The molecule has 3 N–H and O–H groups in total. The average molecular weight is 306 g/mol. The molecule has 0 bridgehead atoms. The van der Waals surface area contributed by atoms with E-state index in [9.17, 15) is 15.0 Å². The Morgan fingerprint density at radius 2 is 1.90 bits per heavy atom. The summed E-state index contributed by atoms with van der Waals surface area (Å²) < 4.78 is 0. The molecule has 2 rings (SSSR count). The van der Waals surface area contributed by atoms with E-state index in [1.165, 1.54) is 18.2 Å². The molecule has 0 aliphatic rings. The minimum atomic E-state index is -0.937. The van der Waals surface area contributed by atoms with Gasteiger partial charge in [-0.05, 0) is 30.7 Å². The zero-order valence-electron chi connectivity index (χ0n) is 11.5. The van der Waals surface area contributed by atoms with Crippen molar-refractivity contribution in [2.45, 2.75) is 12.5 Å². The molecule has 1 unspecified atom stereocenters. The third-order valence-electron chi connectivity index (χ3n) is 3.31. The van der Waals surface area contributed by atoms with Crippen LogP contribution in [0.1, 0.15) is 22.8 Å². The molecular weight excluding hydrogens is 290 g/mol. The molecule has 0 radical (unpaired) electrons. The van der Waals surface area contributed by atoms with Crippen LogP contribution >= 0.6 is 11.6 Å². The van der Waals surface area contributed by atoms with Crippen molar-refractivity contribution in [3.8, 4) is 5.75 Å². The van der Waals surface area contributed by atoms with Crippen LogP contribution in [0.2, 0.25) is 5.02 Å². The smallest absolute Gasteiger partial charge is 0.253 e. The number of benzene rings is 2. The van der Waals surface area contributed by atoms with Gasteiger partial charge in [0, 0.05) is 0 Å². The van der Waals surface area contributed by atoms with Gasteiger partial charge in [-0.3, -0.25) is 4.79 Å². The highest BCUT2D eigenvalue weighted by molar-refractivity contribution is 6.33. The van der Waals surface area contributed by atoms with Gasteiger partial charge in [-0.2, -0.15) is 0 Å². The van der Waals surface area contributed by atoms with Crippen molar-refractivity contribution >= 4 is 17.5 Å². The van der Waals surface area contributed by atoms with Gasteiger partial charge < -0.3 is 15.5 Å². The van der Waals surface area contributed by atoms with Gasteiger partial charge in [0.15, 0.2) is 0 Å². The Hall–Kier alpha value is -2.04. The van der Waals surface area contributed by atoms with Gasteiger partial charge in [-0.15, -0.1) is 0 Å². The number of rotatable bonds is 4. The summed E-state index contributed by atoms with van der Waals surface area (Å²) in [6, 6.07) is 13.3. The summed E-state index contributed by atoms with van der Waals surface area (Å²) >= 11 is 5.97. The first-order valence-corrected chi connectivity index (χ1v) is 6.81. The molecule has 0 saturated heterocycles. The van der Waals surface area contributed by atoms with Crippen molar-refractivity contribution in [3.05, 3.63) is 64.7 Å². The van der Waals surface area contributed by atoms with Crippen LogP contribution in [-0.2, 0) is 5.54 Å². The second-order valence-electron chi connectivity index (χ2n) is 4.97. The van der Waals surface area contributed by atoms with Crippen molar-refractivity contribution < 1.29 is 15.0 Å². The lowest BCUT2D eigenvalue weighted by atomic mass is 9.92. The van der Waals surface area contributed by atoms with Crippen LogP contribution < -0.4 is 5.32 Å². The number of amides is 1. The summed E-state index contributed by atoms with van der Waals surface area (Å²) in [7, 11) is 0. The maximum absolute atomic E-state index is 12.3. The molecule has 5 heteroatoms. The second kappa shape index (κ2) is 6.16. The van der Waals surface area contributed by atoms with Gasteiger partial charge >= 0.3 is 0 Å². The fraction of sp³-hybridized carbons (Fsp3) is 0.188. The highest BCUT2D eigenvalue weighted by Crippen LogP contribution is 2.24. The van der Waals surface area contributed by atoms with Gasteiger partial charge in [0.05, 0.1) is 22.7 Å². The van der Waals surface area contributed by atoms with E-state index >= 15 is 0 Å². The lowest BCUT2D eigenvalue weighted by Crippen LogP contribution is -2.46. The van der Waals surface area contributed by atoms with E-state index < -0.39 is 11.4 Å². The normalized spacial score (nSPS) is 13.5. The van der Waals surface area contributed by atoms with Crippen LogP contribution in [-0.4, -0.2) is 22.7 Å². The third-order valence-corrected chi connectivity index (χ3v) is 3.64. The van der Waals surface area contributed by atoms with Gasteiger partial charge in [0.25, 0.3) is 5.91 Å². The molecule has 2 aromatic rings. The largest absolute Gasteiger partial charge is 0.508 e. The number of halogens is 1. The Labute approximate surface area is 128 Å². The Balaban J connectivity index is 2.30. The molecule has 2 aromatic carbocycles. The average Bonchev–Trinajstić information content (AvgIpc) is 2.50. The number of aliphatic hydroxyl groups is 1. The Kier molecular flexibility index (Phi) is 4.50. The first kappa shape index (κ1) is 15.4. The highest BCUT2D eigenvalue weighted by Gasteiger charge is 2.28. The molecule has 0 aromatic heterocycles. The fourth-order valence-electron chi connectivity index (χ4n) is 2.01. The van der Waals surface area contributed by atoms with Crippen LogP contribution in [0, 0.1) is 0 Å². The molecule has 110 valence electrons. The van der Waals surface area contributed by atoms with Crippen molar-refractivity contribution in [2.24, 2.45) is 0 Å². The molecular formula is C16H16ClNO3. The molecule has 1 amide bonds. The molecule has 0 aliphatic heterocycles. The fourth-order valence-corrected chi connectivity index (χ4v) is 2.22. The molecule has 21 heavy (non-hydrogen) atoms. The Morgan fingerprint density at radius 3 is 2.52 bits per heavy atom. The number of aliphatic hydroxyl groups excluding tert-OH is 1. The third kappa shape index (κ3) is 3.35. The van der Waals surface area contributed by atoms with E-state index in [0.29, 0.717) is 0 Å². The van der Waals surface area contributed by atoms with E-state index in [1.54, 1.807) is 6.92 Å². The van der Waals surface area contributed by atoms with E-state index in [0.717, 1.165) is 5.56 Å². The summed E-state index contributed by atoms with van der Waals surface area (Å²) in [4.78, 5) is 12.3. The number of carbonyl (C=O) groups is 1. The molecule has 0 saturated carbocycles. The van der Waals surface area contributed by atoms with Gasteiger partial charge in [0.1, 0.15) is 5.75 Å². The zero-order valence-corrected chi connectivity index (χ0v) is 12.3. The lowest BCUT2D eigenvalue weighted by Gasteiger charge is -2.29. The van der Waals surface area contributed by atoms with E-state index in [1.807, 2.05) is 30.3 Å². The number of hydrogen-bond donors (Lipinski definition) is 3. The lowest BCUT2D eigenvalue weighted by molar-refractivity contribution is 0.0849. The van der Waals surface area contributed by atoms with Crippen molar-refractivity contribution in [1.82, 2.24) is 5.32 Å². The maximum atomic E-state index is 12.3. The number of nitrogens with one attached hydrogen (secondary N) is 1.